The summed E-state index contributed by atoms with van der Waals surface area (Å²) in [4.78, 5) is 25.0. The highest BCUT2D eigenvalue weighted by Crippen LogP contribution is 2.22. The van der Waals surface area contributed by atoms with Crippen molar-refractivity contribution in [3.8, 4) is 0 Å². The summed E-state index contributed by atoms with van der Waals surface area (Å²) in [6.45, 7) is 4.79. The third-order valence-electron chi connectivity index (χ3n) is 5.03. The van der Waals surface area contributed by atoms with Gasteiger partial charge >= 0.3 is 5.69 Å². The highest BCUT2D eigenvalue weighted by atomic mass is 16.6. The molecule has 0 radical (unpaired) electrons. The van der Waals surface area contributed by atoms with Gasteiger partial charge in [0, 0.05) is 12.6 Å². The normalized spacial score (nSPS) is 15.5. The number of hydrogen-bond donors (Lipinski definition) is 1. The van der Waals surface area contributed by atoms with Gasteiger partial charge < -0.3 is 10.2 Å². The Morgan fingerprint density at radius 3 is 2.64 bits per heavy atom. The highest BCUT2D eigenvalue weighted by molar-refractivity contribution is 5.75. The second kappa shape index (κ2) is 8.94. The lowest BCUT2D eigenvalue weighted by atomic mass is 9.94. The van der Waals surface area contributed by atoms with Crippen LogP contribution in [0.1, 0.15) is 49.9 Å². The molecule has 1 N–H and O–H groups in total. The summed E-state index contributed by atoms with van der Waals surface area (Å²) in [7, 11) is 2.16. The molecule has 8 nitrogen and oxygen atoms in total. The van der Waals surface area contributed by atoms with E-state index in [0.717, 1.165) is 13.0 Å². The van der Waals surface area contributed by atoms with Gasteiger partial charge in [-0.3, -0.25) is 19.6 Å². The standard InChI is InChI=1S/C17H29N5O3/c1-13-17(22(24)25)14(2)21(19-13)12-16(23)18-10-7-11-20(3)15-8-5-4-6-9-15/h15H,4-12H2,1-3H3,(H,18,23). The minimum absolute atomic E-state index is 0.0121. The molecule has 1 fully saturated rings. The van der Waals surface area contributed by atoms with Crippen LogP contribution in [-0.2, 0) is 11.3 Å². The van der Waals surface area contributed by atoms with Crippen LogP contribution >= 0.6 is 0 Å². The Labute approximate surface area is 148 Å². The van der Waals surface area contributed by atoms with E-state index >= 15 is 0 Å². The lowest BCUT2D eigenvalue weighted by Crippen LogP contribution is -2.36. The molecule has 1 heterocycles. The van der Waals surface area contributed by atoms with Crippen LogP contribution in [0.25, 0.3) is 0 Å². The van der Waals surface area contributed by atoms with Crippen molar-refractivity contribution in [2.45, 2.75) is 65.0 Å². The van der Waals surface area contributed by atoms with Crippen LogP contribution in [0.5, 0.6) is 0 Å². The number of nitrogens with zero attached hydrogens (tertiary/aromatic N) is 4. The zero-order chi connectivity index (χ0) is 18.4. The first-order valence-corrected chi connectivity index (χ1v) is 9.05. The van der Waals surface area contributed by atoms with E-state index < -0.39 is 4.92 Å². The summed E-state index contributed by atoms with van der Waals surface area (Å²) >= 11 is 0. The predicted molar refractivity (Wildman–Crippen MR) is 95.5 cm³/mol. The van der Waals surface area contributed by atoms with Crippen LogP contribution in [0.15, 0.2) is 0 Å². The van der Waals surface area contributed by atoms with E-state index in [-0.39, 0.29) is 18.1 Å². The van der Waals surface area contributed by atoms with Crippen molar-refractivity contribution in [2.75, 3.05) is 20.1 Å². The summed E-state index contributed by atoms with van der Waals surface area (Å²) < 4.78 is 1.40. The first-order chi connectivity index (χ1) is 11.9. The van der Waals surface area contributed by atoms with E-state index in [1.54, 1.807) is 13.8 Å². The van der Waals surface area contributed by atoms with Crippen LogP contribution in [-0.4, -0.2) is 51.7 Å². The smallest absolute Gasteiger partial charge is 0.312 e. The van der Waals surface area contributed by atoms with Crippen molar-refractivity contribution in [3.63, 3.8) is 0 Å². The third-order valence-corrected chi connectivity index (χ3v) is 5.03. The van der Waals surface area contributed by atoms with E-state index in [1.165, 1.54) is 36.8 Å². The van der Waals surface area contributed by atoms with Gasteiger partial charge in [-0.15, -0.1) is 0 Å². The zero-order valence-corrected chi connectivity index (χ0v) is 15.5. The number of amides is 1. The number of nitro groups is 1. The predicted octanol–water partition coefficient (Wildman–Crippen LogP) is 2.18. The molecule has 0 unspecified atom stereocenters. The number of aromatic nitrogens is 2. The maximum Gasteiger partial charge on any atom is 0.312 e. The summed E-state index contributed by atoms with van der Waals surface area (Å²) in [6.07, 6.45) is 7.45. The average Bonchev–Trinajstić information content (AvgIpc) is 2.86. The average molecular weight is 351 g/mol. The van der Waals surface area contributed by atoms with Crippen LogP contribution in [0, 0.1) is 24.0 Å². The molecule has 25 heavy (non-hydrogen) atoms. The van der Waals surface area contributed by atoms with Crippen molar-refractivity contribution in [2.24, 2.45) is 0 Å². The van der Waals surface area contributed by atoms with Gasteiger partial charge in [0.05, 0.1) is 4.92 Å². The fourth-order valence-corrected chi connectivity index (χ4v) is 3.56. The van der Waals surface area contributed by atoms with Crippen LogP contribution < -0.4 is 5.32 Å². The van der Waals surface area contributed by atoms with Crippen molar-refractivity contribution < 1.29 is 9.72 Å². The van der Waals surface area contributed by atoms with Crippen LogP contribution in [0.2, 0.25) is 0 Å². The molecule has 8 heteroatoms. The molecule has 1 aliphatic carbocycles. The summed E-state index contributed by atoms with van der Waals surface area (Å²) in [6, 6.07) is 0.680. The fourth-order valence-electron chi connectivity index (χ4n) is 3.56. The van der Waals surface area contributed by atoms with E-state index in [1.807, 2.05) is 0 Å². The van der Waals surface area contributed by atoms with E-state index in [2.05, 4.69) is 22.4 Å². The van der Waals surface area contributed by atoms with Gasteiger partial charge in [0.2, 0.25) is 5.91 Å². The lowest BCUT2D eigenvalue weighted by Gasteiger charge is -2.31. The lowest BCUT2D eigenvalue weighted by molar-refractivity contribution is -0.386. The zero-order valence-electron chi connectivity index (χ0n) is 15.5. The Hall–Kier alpha value is -1.96. The molecular weight excluding hydrogens is 322 g/mol. The molecule has 0 saturated heterocycles. The second-order valence-electron chi connectivity index (χ2n) is 6.91. The van der Waals surface area contributed by atoms with Gasteiger partial charge in [0.1, 0.15) is 17.9 Å². The SMILES string of the molecule is Cc1nn(CC(=O)NCCCN(C)C2CCCCC2)c(C)c1[N+](=O)[O-]. The van der Waals surface area contributed by atoms with E-state index in [9.17, 15) is 14.9 Å². The van der Waals surface area contributed by atoms with Gasteiger partial charge in [-0.2, -0.15) is 5.10 Å². The molecule has 0 aromatic carbocycles. The van der Waals surface area contributed by atoms with Crippen LogP contribution in [0.4, 0.5) is 5.69 Å². The molecule has 1 aromatic rings. The molecule has 0 atom stereocenters. The summed E-state index contributed by atoms with van der Waals surface area (Å²) in [5.74, 6) is -0.166. The number of carbonyl (C=O) groups excluding carboxylic acids is 1. The van der Waals surface area contributed by atoms with Gasteiger partial charge in [0.15, 0.2) is 0 Å². The van der Waals surface area contributed by atoms with Crippen LogP contribution in [0.3, 0.4) is 0 Å². The second-order valence-corrected chi connectivity index (χ2v) is 6.91. The topological polar surface area (TPSA) is 93.3 Å². The quantitative estimate of drug-likeness (QED) is 0.440. The highest BCUT2D eigenvalue weighted by Gasteiger charge is 2.22. The van der Waals surface area contributed by atoms with Gasteiger partial charge in [-0.1, -0.05) is 19.3 Å². The maximum atomic E-state index is 12.0. The molecular formula is C17H29N5O3. The largest absolute Gasteiger partial charge is 0.354 e. The summed E-state index contributed by atoms with van der Waals surface area (Å²) in [5.41, 5.74) is 0.737. The van der Waals surface area contributed by atoms with Gasteiger partial charge in [-0.25, -0.2) is 0 Å². The van der Waals surface area contributed by atoms with Crippen molar-refractivity contribution >= 4 is 11.6 Å². The van der Waals surface area contributed by atoms with Gasteiger partial charge in [-0.05, 0) is 46.7 Å². The molecule has 0 bridgehead atoms. The van der Waals surface area contributed by atoms with Gasteiger partial charge in [0.25, 0.3) is 0 Å². The third kappa shape index (κ3) is 5.26. The Kier molecular flexibility index (Phi) is 6.92. The molecule has 1 aliphatic rings. The Morgan fingerprint density at radius 2 is 2.04 bits per heavy atom. The first-order valence-electron chi connectivity index (χ1n) is 9.05. The number of rotatable bonds is 8. The molecule has 0 spiro atoms. The number of carbonyl (C=O) groups is 1. The minimum Gasteiger partial charge on any atom is -0.354 e. The molecule has 1 saturated carbocycles. The fraction of sp³-hybridized carbons (Fsp3) is 0.765. The van der Waals surface area contributed by atoms with E-state index in [4.69, 9.17) is 0 Å². The van der Waals surface area contributed by atoms with Crippen molar-refractivity contribution in [1.29, 1.82) is 0 Å². The monoisotopic (exact) mass is 351 g/mol. The van der Waals surface area contributed by atoms with E-state index in [0.29, 0.717) is 24.0 Å². The number of nitrogens with one attached hydrogen (secondary N) is 1. The Bertz CT molecular complexity index is 608. The summed E-state index contributed by atoms with van der Waals surface area (Å²) in [5, 5.41) is 18.0. The molecule has 0 aliphatic heterocycles. The Morgan fingerprint density at radius 1 is 1.36 bits per heavy atom. The first kappa shape index (κ1) is 19.4. The Balaban J connectivity index is 1.72. The number of aryl methyl sites for hydroxylation is 1. The van der Waals surface area contributed by atoms with Crippen molar-refractivity contribution in [3.05, 3.63) is 21.5 Å². The van der Waals surface area contributed by atoms with Crippen molar-refractivity contribution in [1.82, 2.24) is 20.0 Å². The molecule has 140 valence electrons. The number of hydrogen-bond acceptors (Lipinski definition) is 5. The molecule has 1 aromatic heterocycles. The minimum atomic E-state index is -0.451. The molecule has 1 amide bonds. The molecule has 2 rings (SSSR count). The maximum absolute atomic E-state index is 12.0.